The summed E-state index contributed by atoms with van der Waals surface area (Å²) in [5, 5.41) is 2.68. The standard InChI is InChI=1S/C21H39BN3O3PS/c1-25(14-6-2-3-9-17(26)10-8-16-30)15-7-13-20(27)18-11-4-5-12-19(18)21(28)23-22-24-29/h18-19,30H,2-16,29H2,1H3,(H,23,28)/t18-,19+/m0/s1. The zero-order valence-electron chi connectivity index (χ0n) is 18.5. The summed E-state index contributed by atoms with van der Waals surface area (Å²) in [5.74, 6) is 0.905. The summed E-state index contributed by atoms with van der Waals surface area (Å²) in [6.45, 7) is 1.87. The SMILES string of the molecule is CN(CCCCCC(=O)CCCS)CCCC(=O)[C@H]1CCCC[C@H]1C(=O)NB=NP. The summed E-state index contributed by atoms with van der Waals surface area (Å²) < 4.78 is 3.72. The molecule has 30 heavy (non-hydrogen) atoms. The second-order valence-corrected chi connectivity index (χ2v) is 9.08. The molecule has 0 heterocycles. The van der Waals surface area contributed by atoms with Gasteiger partial charge in [-0.15, -0.1) is 0 Å². The monoisotopic (exact) mass is 455 g/mol. The Morgan fingerprint density at radius 3 is 2.37 bits per heavy atom. The Morgan fingerprint density at radius 2 is 1.67 bits per heavy atom. The topological polar surface area (TPSA) is 78.8 Å². The van der Waals surface area contributed by atoms with E-state index in [4.69, 9.17) is 0 Å². The summed E-state index contributed by atoms with van der Waals surface area (Å²) in [6.07, 6.45) is 10.3. The van der Waals surface area contributed by atoms with Crippen molar-refractivity contribution >= 4 is 46.7 Å². The average molecular weight is 455 g/mol. The quantitative estimate of drug-likeness (QED) is 0.161. The van der Waals surface area contributed by atoms with E-state index in [0.29, 0.717) is 25.0 Å². The van der Waals surface area contributed by atoms with Gasteiger partial charge in [-0.2, -0.15) is 12.6 Å². The van der Waals surface area contributed by atoms with Crippen LogP contribution in [-0.2, 0) is 14.4 Å². The molecule has 170 valence electrons. The molecule has 1 aliphatic rings. The van der Waals surface area contributed by atoms with E-state index in [9.17, 15) is 14.4 Å². The van der Waals surface area contributed by atoms with Crippen molar-refractivity contribution in [2.24, 2.45) is 16.5 Å². The number of unbranched alkanes of at least 4 members (excludes halogenated alkanes) is 2. The second-order valence-electron chi connectivity index (χ2n) is 8.33. The number of carbonyl (C=O) groups excluding carboxylic acids is 3. The third kappa shape index (κ3) is 11.7. The fraction of sp³-hybridized carbons (Fsp3) is 0.857. The first-order valence-electron chi connectivity index (χ1n) is 11.4. The van der Waals surface area contributed by atoms with Crippen LogP contribution in [0.1, 0.15) is 77.0 Å². The molecule has 1 amide bonds. The molecule has 0 aromatic carbocycles. The normalized spacial score (nSPS) is 19.1. The zero-order chi connectivity index (χ0) is 22.2. The van der Waals surface area contributed by atoms with Crippen LogP contribution < -0.4 is 5.23 Å². The van der Waals surface area contributed by atoms with Crippen molar-refractivity contribution in [2.45, 2.75) is 77.0 Å². The molecule has 0 spiro atoms. The van der Waals surface area contributed by atoms with E-state index < -0.39 is 0 Å². The van der Waals surface area contributed by atoms with Gasteiger partial charge in [0, 0.05) is 12.8 Å². The van der Waals surface area contributed by atoms with Gasteiger partial charge in [0.2, 0.25) is 0 Å². The average Bonchev–Trinajstić information content (AvgIpc) is 2.75. The van der Waals surface area contributed by atoms with Crippen LogP contribution in [0.2, 0.25) is 0 Å². The van der Waals surface area contributed by atoms with Crippen molar-refractivity contribution in [1.29, 1.82) is 0 Å². The van der Waals surface area contributed by atoms with Gasteiger partial charge in [-0.05, 0) is 18.6 Å². The molecule has 0 aliphatic heterocycles. The molecule has 1 fully saturated rings. The first kappa shape index (κ1) is 27.4. The van der Waals surface area contributed by atoms with Crippen LogP contribution in [-0.4, -0.2) is 55.5 Å². The molecule has 9 heteroatoms. The van der Waals surface area contributed by atoms with Crippen LogP contribution in [0, 0.1) is 11.8 Å². The number of rotatable bonds is 16. The van der Waals surface area contributed by atoms with Crippen molar-refractivity contribution in [3.05, 3.63) is 0 Å². The number of ketones is 2. The molecular weight excluding hydrogens is 416 g/mol. The molecule has 0 radical (unpaired) electrons. The Hall–Kier alpha value is -0.585. The van der Waals surface area contributed by atoms with Gasteiger partial charge >= 0.3 is 136 Å². The molecule has 0 bridgehead atoms. The number of nitrogens with zero attached hydrogens (tertiary/aromatic N) is 2. The molecule has 1 aliphatic carbocycles. The number of amides is 1. The van der Waals surface area contributed by atoms with Crippen LogP contribution in [0.4, 0.5) is 0 Å². The van der Waals surface area contributed by atoms with Crippen molar-refractivity contribution in [2.75, 3.05) is 25.9 Å². The second kappa shape index (κ2) is 17.0. The molecule has 3 atom stereocenters. The fourth-order valence-electron chi connectivity index (χ4n) is 4.14. The number of hydrogen-bond acceptors (Lipinski definition) is 6. The minimum absolute atomic E-state index is 0.0829. The molecule has 0 aromatic heterocycles. The van der Waals surface area contributed by atoms with Gasteiger partial charge in [-0.25, -0.2) is 0 Å². The summed E-state index contributed by atoms with van der Waals surface area (Å²) in [4.78, 5) is 39.0. The van der Waals surface area contributed by atoms with Gasteiger partial charge in [0.15, 0.2) is 0 Å². The van der Waals surface area contributed by atoms with E-state index in [1.165, 1.54) is 7.21 Å². The third-order valence-corrected chi connectivity index (χ3v) is 6.34. The Bertz CT molecular complexity index is 566. The van der Waals surface area contributed by atoms with Gasteiger partial charge in [-0.3, -0.25) is 4.79 Å². The van der Waals surface area contributed by atoms with E-state index >= 15 is 0 Å². The Morgan fingerprint density at radius 1 is 1.00 bits per heavy atom. The predicted molar refractivity (Wildman–Crippen MR) is 130 cm³/mol. The summed E-state index contributed by atoms with van der Waals surface area (Å²) in [6, 6.07) is 0. The molecular formula is C21H39BN3O3PS. The minimum atomic E-state index is -0.220. The van der Waals surface area contributed by atoms with Gasteiger partial charge < -0.3 is 0 Å². The van der Waals surface area contributed by atoms with E-state index in [1.807, 2.05) is 0 Å². The predicted octanol–water partition coefficient (Wildman–Crippen LogP) is 3.62. The Kier molecular flexibility index (Phi) is 15.6. The van der Waals surface area contributed by atoms with Crippen molar-refractivity contribution in [3.63, 3.8) is 0 Å². The molecule has 1 saturated carbocycles. The molecule has 6 nitrogen and oxygen atoms in total. The molecule has 0 aromatic rings. The number of nitrogens with one attached hydrogen (secondary N) is 1. The summed E-state index contributed by atoms with van der Waals surface area (Å²) in [7, 11) is 5.64. The van der Waals surface area contributed by atoms with Gasteiger partial charge in [0.1, 0.15) is 5.78 Å². The summed E-state index contributed by atoms with van der Waals surface area (Å²) >= 11 is 4.14. The van der Waals surface area contributed by atoms with Crippen molar-refractivity contribution < 1.29 is 14.4 Å². The number of Topliss-reactive ketones (excluding diaryl/α,β-unsaturated/α-hetero) is 2. The van der Waals surface area contributed by atoms with Gasteiger partial charge in [0.25, 0.3) is 0 Å². The van der Waals surface area contributed by atoms with Gasteiger partial charge in [-0.1, -0.05) is 0 Å². The number of thiol groups is 1. The summed E-state index contributed by atoms with van der Waals surface area (Å²) in [5.41, 5.74) is 0. The molecule has 0 saturated heterocycles. The molecule has 1 unspecified atom stereocenters. The van der Waals surface area contributed by atoms with Crippen LogP contribution in [0.5, 0.6) is 0 Å². The first-order valence-corrected chi connectivity index (χ1v) is 12.5. The Labute approximate surface area is 190 Å². The molecule has 1 N–H and O–H groups in total. The Balaban J connectivity index is 2.21. The zero-order valence-corrected chi connectivity index (χ0v) is 20.5. The van der Waals surface area contributed by atoms with E-state index in [0.717, 1.165) is 76.6 Å². The number of carbonyl (C=O) groups is 3. The van der Waals surface area contributed by atoms with Crippen molar-refractivity contribution in [1.82, 2.24) is 10.1 Å². The van der Waals surface area contributed by atoms with Crippen LogP contribution in [0.25, 0.3) is 0 Å². The van der Waals surface area contributed by atoms with E-state index in [1.54, 1.807) is 0 Å². The first-order chi connectivity index (χ1) is 14.5. The molecule has 1 rings (SSSR count). The van der Waals surface area contributed by atoms with Crippen LogP contribution in [0.3, 0.4) is 0 Å². The van der Waals surface area contributed by atoms with Crippen molar-refractivity contribution in [3.8, 4) is 0 Å². The third-order valence-electron chi connectivity index (χ3n) is 5.87. The van der Waals surface area contributed by atoms with Crippen LogP contribution in [0.15, 0.2) is 4.67 Å². The number of hydrogen-bond donors (Lipinski definition) is 2. The maximum absolute atomic E-state index is 12.7. The van der Waals surface area contributed by atoms with E-state index in [2.05, 4.69) is 43.9 Å². The van der Waals surface area contributed by atoms with Gasteiger partial charge in [0.05, 0.1) is 0 Å². The maximum atomic E-state index is 12.7. The van der Waals surface area contributed by atoms with Crippen LogP contribution >= 0.6 is 22.0 Å². The van der Waals surface area contributed by atoms with E-state index in [-0.39, 0.29) is 23.5 Å². The fourth-order valence-corrected chi connectivity index (χ4v) is 4.37.